The van der Waals surface area contributed by atoms with Crippen molar-refractivity contribution in [1.82, 2.24) is 10.6 Å². The van der Waals surface area contributed by atoms with Crippen LogP contribution in [-0.4, -0.2) is 43.9 Å². The van der Waals surface area contributed by atoms with Crippen molar-refractivity contribution >= 4 is 24.4 Å². The monoisotopic (exact) mass is 370 g/mol. The van der Waals surface area contributed by atoms with Crippen LogP contribution in [0.15, 0.2) is 0 Å². The van der Waals surface area contributed by atoms with Gasteiger partial charge in [-0.05, 0) is 38.0 Å². The lowest BCUT2D eigenvalue weighted by Gasteiger charge is -2.38. The van der Waals surface area contributed by atoms with Crippen molar-refractivity contribution in [2.75, 3.05) is 19.9 Å². The zero-order valence-electron chi connectivity index (χ0n) is 15.7. The van der Waals surface area contributed by atoms with E-state index in [1.54, 1.807) is 14.2 Å². The van der Waals surface area contributed by atoms with Gasteiger partial charge in [0.2, 0.25) is 11.8 Å². The molecule has 2 fully saturated rings. The molecular formula is C19H34N2O3S. The number of hydrogen-bond donors (Lipinski definition) is 3. The zero-order valence-corrected chi connectivity index (χ0v) is 16.6. The molecule has 25 heavy (non-hydrogen) atoms. The van der Waals surface area contributed by atoms with Crippen molar-refractivity contribution in [3.8, 4) is 0 Å². The van der Waals surface area contributed by atoms with Gasteiger partial charge in [0, 0.05) is 19.9 Å². The zero-order chi connectivity index (χ0) is 18.3. The van der Waals surface area contributed by atoms with Crippen LogP contribution in [0, 0.1) is 11.3 Å². The summed E-state index contributed by atoms with van der Waals surface area (Å²) >= 11 is 4.47. The van der Waals surface area contributed by atoms with Crippen molar-refractivity contribution in [1.29, 1.82) is 0 Å². The van der Waals surface area contributed by atoms with Gasteiger partial charge in [-0.25, -0.2) is 0 Å². The first-order valence-corrected chi connectivity index (χ1v) is 10.3. The topological polar surface area (TPSA) is 67.4 Å². The van der Waals surface area contributed by atoms with E-state index in [0.29, 0.717) is 11.7 Å². The molecule has 1 atom stereocenters. The van der Waals surface area contributed by atoms with Crippen molar-refractivity contribution in [2.45, 2.75) is 76.4 Å². The molecule has 0 saturated heterocycles. The lowest BCUT2D eigenvalue weighted by molar-refractivity contribution is -0.137. The van der Waals surface area contributed by atoms with Crippen LogP contribution < -0.4 is 10.6 Å². The first-order valence-electron chi connectivity index (χ1n) is 9.71. The third-order valence-electron chi connectivity index (χ3n) is 6.17. The molecule has 6 heteroatoms. The number of ether oxygens (including phenoxy) is 1. The standard InChI is InChI=1S/C19H34N2O3S/c1-20-17(22)16(12-14-6-4-3-5-7-14)21-18(23)19(13-25)10-8-15(24-2)9-11-19/h14-16,25H,3-13H2,1-2H3,(H,20,22)(H,21,23)/t15-,16-,19+/m0/s1. The van der Waals surface area contributed by atoms with Crippen molar-refractivity contribution in [3.63, 3.8) is 0 Å². The summed E-state index contributed by atoms with van der Waals surface area (Å²) in [6.45, 7) is 0. The quantitative estimate of drug-likeness (QED) is 0.604. The molecule has 0 bridgehead atoms. The van der Waals surface area contributed by atoms with Gasteiger partial charge in [-0.15, -0.1) is 0 Å². The molecule has 0 aromatic rings. The van der Waals surface area contributed by atoms with Gasteiger partial charge < -0.3 is 15.4 Å². The highest BCUT2D eigenvalue weighted by Gasteiger charge is 2.42. The van der Waals surface area contributed by atoms with E-state index in [1.165, 1.54) is 19.3 Å². The summed E-state index contributed by atoms with van der Waals surface area (Å²) in [7, 11) is 3.37. The van der Waals surface area contributed by atoms with Crippen LogP contribution in [0.1, 0.15) is 64.2 Å². The average Bonchev–Trinajstić information content (AvgIpc) is 2.67. The highest BCUT2D eigenvalue weighted by atomic mass is 32.1. The first kappa shape index (κ1) is 20.6. The second kappa shape index (κ2) is 9.81. The Bertz CT molecular complexity index is 444. The van der Waals surface area contributed by atoms with Crippen LogP contribution in [0.4, 0.5) is 0 Å². The fraction of sp³-hybridized carbons (Fsp3) is 0.895. The maximum atomic E-state index is 13.0. The van der Waals surface area contributed by atoms with E-state index in [2.05, 4.69) is 23.3 Å². The number of nitrogens with one attached hydrogen (secondary N) is 2. The van der Waals surface area contributed by atoms with Crippen LogP contribution in [0.25, 0.3) is 0 Å². The third kappa shape index (κ3) is 5.36. The molecule has 5 nitrogen and oxygen atoms in total. The first-order chi connectivity index (χ1) is 12.0. The van der Waals surface area contributed by atoms with Crippen LogP contribution in [0.3, 0.4) is 0 Å². The van der Waals surface area contributed by atoms with Gasteiger partial charge in [0.1, 0.15) is 6.04 Å². The lowest BCUT2D eigenvalue weighted by Crippen LogP contribution is -2.53. The predicted octanol–water partition coefficient (Wildman–Crippen LogP) is 2.69. The summed E-state index contributed by atoms with van der Waals surface area (Å²) in [6, 6.07) is -0.433. The molecule has 2 amide bonds. The Hall–Kier alpha value is -0.750. The molecule has 0 aromatic carbocycles. The molecule has 0 aliphatic heterocycles. The van der Waals surface area contributed by atoms with Crippen molar-refractivity contribution < 1.29 is 14.3 Å². The highest BCUT2D eigenvalue weighted by Crippen LogP contribution is 2.39. The number of amides is 2. The van der Waals surface area contributed by atoms with E-state index in [4.69, 9.17) is 4.74 Å². The van der Waals surface area contributed by atoms with Crippen molar-refractivity contribution in [2.24, 2.45) is 11.3 Å². The number of methoxy groups -OCH3 is 1. The van der Waals surface area contributed by atoms with E-state index in [9.17, 15) is 9.59 Å². The van der Waals surface area contributed by atoms with E-state index in [-0.39, 0.29) is 17.9 Å². The number of thiol groups is 1. The summed E-state index contributed by atoms with van der Waals surface area (Å²) in [4.78, 5) is 25.4. The summed E-state index contributed by atoms with van der Waals surface area (Å²) < 4.78 is 5.43. The molecule has 2 rings (SSSR count). The van der Waals surface area contributed by atoms with Crippen LogP contribution in [-0.2, 0) is 14.3 Å². The normalized spacial score (nSPS) is 29.0. The lowest BCUT2D eigenvalue weighted by atomic mass is 9.73. The number of rotatable bonds is 7. The maximum Gasteiger partial charge on any atom is 0.242 e. The average molecular weight is 371 g/mol. The largest absolute Gasteiger partial charge is 0.381 e. The third-order valence-corrected chi connectivity index (χ3v) is 6.77. The van der Waals surface area contributed by atoms with Gasteiger partial charge >= 0.3 is 0 Å². The molecule has 0 unspecified atom stereocenters. The van der Waals surface area contributed by atoms with E-state index >= 15 is 0 Å². The Morgan fingerprint density at radius 1 is 1.16 bits per heavy atom. The minimum absolute atomic E-state index is 0.0125. The molecular weight excluding hydrogens is 336 g/mol. The summed E-state index contributed by atoms with van der Waals surface area (Å²) in [6.07, 6.45) is 10.3. The molecule has 2 aliphatic rings. The molecule has 2 N–H and O–H groups in total. The second-order valence-electron chi connectivity index (χ2n) is 7.75. The Balaban J connectivity index is 2.00. The van der Waals surface area contributed by atoms with E-state index in [0.717, 1.165) is 44.9 Å². The Morgan fingerprint density at radius 3 is 2.32 bits per heavy atom. The Morgan fingerprint density at radius 2 is 1.80 bits per heavy atom. The van der Waals surface area contributed by atoms with Gasteiger partial charge in [-0.1, -0.05) is 32.1 Å². The molecule has 0 aromatic heterocycles. The summed E-state index contributed by atoms with van der Waals surface area (Å²) in [5.41, 5.74) is -0.475. The minimum Gasteiger partial charge on any atom is -0.381 e. The Kier molecular flexibility index (Phi) is 8.07. The van der Waals surface area contributed by atoms with E-state index in [1.807, 2.05) is 0 Å². The van der Waals surface area contributed by atoms with Gasteiger partial charge in [0.05, 0.1) is 11.5 Å². The summed E-state index contributed by atoms with van der Waals surface area (Å²) in [5, 5.41) is 5.79. The van der Waals surface area contributed by atoms with Crippen LogP contribution >= 0.6 is 12.6 Å². The van der Waals surface area contributed by atoms with Crippen LogP contribution in [0.5, 0.6) is 0 Å². The smallest absolute Gasteiger partial charge is 0.242 e. The molecule has 0 radical (unpaired) electrons. The number of hydrogen-bond acceptors (Lipinski definition) is 4. The fourth-order valence-electron chi connectivity index (χ4n) is 4.31. The molecule has 2 saturated carbocycles. The molecule has 144 valence electrons. The van der Waals surface area contributed by atoms with Gasteiger partial charge in [-0.2, -0.15) is 12.6 Å². The van der Waals surface area contributed by atoms with Crippen molar-refractivity contribution in [3.05, 3.63) is 0 Å². The predicted molar refractivity (Wildman–Crippen MR) is 103 cm³/mol. The van der Waals surface area contributed by atoms with Crippen LogP contribution in [0.2, 0.25) is 0 Å². The number of carbonyl (C=O) groups excluding carboxylic acids is 2. The number of carbonyl (C=O) groups is 2. The SMILES string of the molecule is CNC(=O)[C@H](CC1CCCCC1)NC(=O)[C@]1(CS)CC[C@H](OC)CC1. The highest BCUT2D eigenvalue weighted by molar-refractivity contribution is 7.80. The maximum absolute atomic E-state index is 13.0. The number of likely N-dealkylation sites (N-methyl/N-ethyl adjacent to an activating group) is 1. The van der Waals surface area contributed by atoms with Gasteiger partial charge in [0.15, 0.2) is 0 Å². The molecule has 0 spiro atoms. The van der Waals surface area contributed by atoms with Gasteiger partial charge in [0.25, 0.3) is 0 Å². The fourth-order valence-corrected chi connectivity index (χ4v) is 4.77. The second-order valence-corrected chi connectivity index (χ2v) is 8.07. The molecule has 0 heterocycles. The van der Waals surface area contributed by atoms with E-state index < -0.39 is 11.5 Å². The summed E-state index contributed by atoms with van der Waals surface area (Å²) in [5.74, 6) is 0.951. The Labute approximate surface area is 157 Å². The van der Waals surface area contributed by atoms with Gasteiger partial charge in [-0.3, -0.25) is 9.59 Å². The minimum atomic E-state index is -0.475. The molecule has 2 aliphatic carbocycles.